The Morgan fingerprint density at radius 2 is 2.24 bits per heavy atom. The second-order valence-corrected chi connectivity index (χ2v) is 4.61. The lowest BCUT2D eigenvalue weighted by Crippen LogP contribution is -2.51. The zero-order valence-corrected chi connectivity index (χ0v) is 9.60. The minimum atomic E-state index is -4.70. The van der Waals surface area contributed by atoms with E-state index in [0.717, 1.165) is 13.0 Å². The van der Waals surface area contributed by atoms with Gasteiger partial charge in [-0.1, -0.05) is 0 Å². The number of halogens is 3. The Hall–Kier alpha value is -0.820. The number of alkyl halides is 3. The summed E-state index contributed by atoms with van der Waals surface area (Å²) in [6.07, 6.45) is -5.76. The number of carbonyl (C=O) groups excluding carboxylic acids is 1. The van der Waals surface area contributed by atoms with Gasteiger partial charge in [0.2, 0.25) is 5.91 Å². The molecule has 0 aromatic heterocycles. The number of piperidine rings is 1. The van der Waals surface area contributed by atoms with E-state index < -0.39 is 30.1 Å². The topological polar surface area (TPSA) is 61.4 Å². The molecule has 4 nitrogen and oxygen atoms in total. The van der Waals surface area contributed by atoms with Crippen LogP contribution in [-0.2, 0) is 4.79 Å². The molecule has 0 radical (unpaired) electrons. The molecule has 2 atom stereocenters. The average Bonchev–Trinajstić information content (AvgIpc) is 2.25. The van der Waals surface area contributed by atoms with Gasteiger partial charge in [0.1, 0.15) is 0 Å². The van der Waals surface area contributed by atoms with Crippen LogP contribution < -0.4 is 10.6 Å². The molecule has 1 aliphatic heterocycles. The molecule has 0 aromatic carbocycles. The first-order valence-electron chi connectivity index (χ1n) is 5.49. The smallest absolute Gasteiger partial charge is 0.382 e. The van der Waals surface area contributed by atoms with Gasteiger partial charge in [0, 0.05) is 6.54 Å². The van der Waals surface area contributed by atoms with Crippen LogP contribution in [0.25, 0.3) is 0 Å². The Morgan fingerprint density at radius 1 is 1.59 bits per heavy atom. The molecule has 17 heavy (non-hydrogen) atoms. The van der Waals surface area contributed by atoms with E-state index in [0.29, 0.717) is 13.0 Å². The van der Waals surface area contributed by atoms with Crippen LogP contribution in [0.1, 0.15) is 19.8 Å². The van der Waals surface area contributed by atoms with E-state index in [2.05, 4.69) is 10.6 Å². The van der Waals surface area contributed by atoms with Crippen molar-refractivity contribution in [3.8, 4) is 0 Å². The summed E-state index contributed by atoms with van der Waals surface area (Å²) in [7, 11) is 0. The summed E-state index contributed by atoms with van der Waals surface area (Å²) in [5.74, 6) is -0.451. The summed E-state index contributed by atoms with van der Waals surface area (Å²) >= 11 is 0. The fourth-order valence-electron chi connectivity index (χ4n) is 1.77. The quantitative estimate of drug-likeness (QED) is 0.684. The molecule has 1 rings (SSSR count). The van der Waals surface area contributed by atoms with Gasteiger partial charge < -0.3 is 15.7 Å². The zero-order chi connectivity index (χ0) is 13.1. The van der Waals surface area contributed by atoms with Crippen LogP contribution in [0.15, 0.2) is 0 Å². The minimum Gasteiger partial charge on any atom is -0.382 e. The van der Waals surface area contributed by atoms with E-state index >= 15 is 0 Å². The molecule has 1 heterocycles. The molecule has 0 aromatic rings. The molecule has 2 unspecified atom stereocenters. The largest absolute Gasteiger partial charge is 0.416 e. The van der Waals surface area contributed by atoms with Crippen molar-refractivity contribution in [2.24, 2.45) is 5.41 Å². The maximum atomic E-state index is 12.0. The highest BCUT2D eigenvalue weighted by Crippen LogP contribution is 2.26. The van der Waals surface area contributed by atoms with Gasteiger partial charge in [-0.2, -0.15) is 13.2 Å². The van der Waals surface area contributed by atoms with Gasteiger partial charge in [0.15, 0.2) is 6.10 Å². The second-order valence-electron chi connectivity index (χ2n) is 4.61. The molecular weight excluding hydrogens is 237 g/mol. The Kier molecular flexibility index (Phi) is 4.37. The summed E-state index contributed by atoms with van der Waals surface area (Å²) in [6.45, 7) is 2.17. The van der Waals surface area contributed by atoms with Gasteiger partial charge in [-0.15, -0.1) is 0 Å². The summed E-state index contributed by atoms with van der Waals surface area (Å²) < 4.78 is 36.1. The van der Waals surface area contributed by atoms with Gasteiger partial charge in [0.05, 0.1) is 12.0 Å². The van der Waals surface area contributed by atoms with Crippen molar-refractivity contribution in [3.05, 3.63) is 0 Å². The highest BCUT2D eigenvalue weighted by atomic mass is 19.4. The fourth-order valence-corrected chi connectivity index (χ4v) is 1.77. The monoisotopic (exact) mass is 254 g/mol. The molecule has 0 aliphatic carbocycles. The number of aliphatic hydroxyl groups excluding tert-OH is 1. The van der Waals surface area contributed by atoms with Gasteiger partial charge >= 0.3 is 6.18 Å². The van der Waals surface area contributed by atoms with Gasteiger partial charge in [-0.05, 0) is 26.3 Å². The van der Waals surface area contributed by atoms with Crippen LogP contribution in [0, 0.1) is 5.41 Å². The first-order valence-corrected chi connectivity index (χ1v) is 5.49. The third kappa shape index (κ3) is 3.85. The van der Waals surface area contributed by atoms with Gasteiger partial charge in [-0.3, -0.25) is 4.79 Å². The molecule has 3 N–H and O–H groups in total. The highest BCUT2D eigenvalue weighted by Gasteiger charge is 2.40. The van der Waals surface area contributed by atoms with E-state index in [1.165, 1.54) is 0 Å². The van der Waals surface area contributed by atoms with Crippen LogP contribution in [-0.4, -0.2) is 42.9 Å². The first-order chi connectivity index (χ1) is 7.76. The number of hydrogen-bond acceptors (Lipinski definition) is 3. The van der Waals surface area contributed by atoms with Crippen molar-refractivity contribution in [2.45, 2.75) is 32.0 Å². The maximum Gasteiger partial charge on any atom is 0.416 e. The molecule has 0 bridgehead atoms. The fraction of sp³-hybridized carbons (Fsp3) is 0.900. The third-order valence-corrected chi connectivity index (χ3v) is 2.98. The van der Waals surface area contributed by atoms with Crippen molar-refractivity contribution in [2.75, 3.05) is 19.6 Å². The molecule has 1 fully saturated rings. The molecule has 1 aliphatic rings. The van der Waals surface area contributed by atoms with Crippen LogP contribution in [0.4, 0.5) is 13.2 Å². The summed E-state index contributed by atoms with van der Waals surface area (Å²) in [5, 5.41) is 13.9. The Bertz CT molecular complexity index is 275. The van der Waals surface area contributed by atoms with Crippen molar-refractivity contribution in [1.82, 2.24) is 10.6 Å². The summed E-state index contributed by atoms with van der Waals surface area (Å²) in [4.78, 5) is 11.7. The van der Waals surface area contributed by atoms with Crippen LogP contribution in [0.2, 0.25) is 0 Å². The van der Waals surface area contributed by atoms with E-state index in [4.69, 9.17) is 5.11 Å². The van der Waals surface area contributed by atoms with Crippen molar-refractivity contribution in [3.63, 3.8) is 0 Å². The molecular formula is C10H17F3N2O2. The maximum absolute atomic E-state index is 12.0. The predicted octanol–water partition coefficient (Wildman–Crippen LogP) is 0.415. The molecule has 1 amide bonds. The lowest BCUT2D eigenvalue weighted by Gasteiger charge is -2.33. The van der Waals surface area contributed by atoms with Gasteiger partial charge in [-0.25, -0.2) is 0 Å². The number of aliphatic hydroxyl groups is 1. The van der Waals surface area contributed by atoms with Crippen molar-refractivity contribution < 1.29 is 23.1 Å². The average molecular weight is 254 g/mol. The first kappa shape index (κ1) is 14.2. The number of amides is 1. The van der Waals surface area contributed by atoms with Crippen LogP contribution >= 0.6 is 0 Å². The van der Waals surface area contributed by atoms with E-state index in [1.807, 2.05) is 0 Å². The lowest BCUT2D eigenvalue weighted by molar-refractivity contribution is -0.202. The Morgan fingerprint density at radius 3 is 2.71 bits per heavy atom. The second kappa shape index (κ2) is 5.22. The van der Waals surface area contributed by atoms with Crippen molar-refractivity contribution in [1.29, 1.82) is 0 Å². The van der Waals surface area contributed by atoms with E-state index in [-0.39, 0.29) is 0 Å². The van der Waals surface area contributed by atoms with Crippen LogP contribution in [0.3, 0.4) is 0 Å². The SMILES string of the molecule is CC1(C(=O)NCC(O)C(F)(F)F)CCCNC1. The molecule has 7 heteroatoms. The van der Waals surface area contributed by atoms with E-state index in [9.17, 15) is 18.0 Å². The Labute approximate surface area is 97.6 Å². The normalized spacial score (nSPS) is 27.6. The lowest BCUT2D eigenvalue weighted by atomic mass is 9.82. The summed E-state index contributed by atoms with van der Waals surface area (Å²) in [5.41, 5.74) is -0.691. The van der Waals surface area contributed by atoms with Crippen molar-refractivity contribution >= 4 is 5.91 Å². The van der Waals surface area contributed by atoms with Gasteiger partial charge in [0.25, 0.3) is 0 Å². The number of hydrogen-bond donors (Lipinski definition) is 3. The number of nitrogens with one attached hydrogen (secondary N) is 2. The molecule has 0 spiro atoms. The summed E-state index contributed by atoms with van der Waals surface area (Å²) in [6, 6.07) is 0. The third-order valence-electron chi connectivity index (χ3n) is 2.98. The number of rotatable bonds is 3. The highest BCUT2D eigenvalue weighted by molar-refractivity contribution is 5.82. The molecule has 1 saturated heterocycles. The molecule has 0 saturated carbocycles. The van der Waals surface area contributed by atoms with E-state index in [1.54, 1.807) is 6.92 Å². The number of carbonyl (C=O) groups is 1. The minimum absolute atomic E-state index is 0.445. The molecule has 100 valence electrons. The standard InChI is InChI=1S/C10H17F3N2O2/c1-9(3-2-4-14-6-9)8(17)15-5-7(16)10(11,12)13/h7,14,16H,2-6H2,1H3,(H,15,17). The zero-order valence-electron chi connectivity index (χ0n) is 9.60. The van der Waals surface area contributed by atoms with Crippen LogP contribution in [0.5, 0.6) is 0 Å². The Balaban J connectivity index is 2.44. The predicted molar refractivity (Wildman–Crippen MR) is 55.3 cm³/mol.